The third-order valence-corrected chi connectivity index (χ3v) is 6.14. The van der Waals surface area contributed by atoms with E-state index < -0.39 is 6.10 Å². The molecule has 1 saturated heterocycles. The average Bonchev–Trinajstić information content (AvgIpc) is 3.43. The lowest BCUT2D eigenvalue weighted by Gasteiger charge is -2.36. The molecule has 1 aromatic carbocycles. The van der Waals surface area contributed by atoms with Gasteiger partial charge in [0.25, 0.3) is 0 Å². The van der Waals surface area contributed by atoms with E-state index in [1.165, 1.54) is 24.5 Å². The van der Waals surface area contributed by atoms with Crippen molar-refractivity contribution in [1.82, 2.24) is 9.38 Å². The van der Waals surface area contributed by atoms with Crippen molar-refractivity contribution in [2.45, 2.75) is 37.7 Å². The minimum absolute atomic E-state index is 0.198. The maximum atomic E-state index is 13.5. The summed E-state index contributed by atoms with van der Waals surface area (Å²) in [6, 6.07) is 8.94. The molecule has 1 aliphatic heterocycles. The smallest absolute Gasteiger partial charge is 0.125 e. The van der Waals surface area contributed by atoms with E-state index in [1.54, 1.807) is 18.5 Å². The number of anilines is 1. The Kier molecular flexibility index (Phi) is 4.12. The average molecular weight is 365 g/mol. The number of piperidine rings is 1. The number of imidazole rings is 1. The van der Waals surface area contributed by atoms with Crippen LogP contribution in [0.25, 0.3) is 5.52 Å². The SMILES string of the molecule is O[C@@H](c1c(C2CC2)ccn2cncc12)C1CCN(c2cccc(F)c2)CC1. The van der Waals surface area contributed by atoms with E-state index in [0.717, 1.165) is 42.7 Å². The molecule has 0 radical (unpaired) electrons. The van der Waals surface area contributed by atoms with Gasteiger partial charge >= 0.3 is 0 Å². The van der Waals surface area contributed by atoms with Crippen LogP contribution in [0.5, 0.6) is 0 Å². The summed E-state index contributed by atoms with van der Waals surface area (Å²) >= 11 is 0. The predicted octanol–water partition coefficient (Wildman–Crippen LogP) is 4.30. The Balaban J connectivity index is 1.38. The molecule has 27 heavy (non-hydrogen) atoms. The highest BCUT2D eigenvalue weighted by molar-refractivity contribution is 5.59. The fraction of sp³-hybridized carbons (Fsp3) is 0.409. The summed E-state index contributed by atoms with van der Waals surface area (Å²) in [4.78, 5) is 6.49. The van der Waals surface area contributed by atoms with E-state index in [-0.39, 0.29) is 11.7 Å². The van der Waals surface area contributed by atoms with Crippen LogP contribution in [0.4, 0.5) is 10.1 Å². The Labute approximate surface area is 158 Å². The number of benzene rings is 1. The standard InChI is InChI=1S/C22H24FN3O/c23-17-2-1-3-18(12-17)25-9-6-16(7-10-25)22(27)21-19(15-4-5-15)8-11-26-14-24-13-20(21)26/h1-3,8,11-16,22,27H,4-7,9-10H2/t22-/m1/s1. The zero-order valence-corrected chi connectivity index (χ0v) is 15.3. The van der Waals surface area contributed by atoms with Crippen molar-refractivity contribution >= 4 is 11.2 Å². The lowest BCUT2D eigenvalue weighted by Crippen LogP contribution is -2.36. The first-order chi connectivity index (χ1) is 13.2. The Bertz CT molecular complexity index is 957. The summed E-state index contributed by atoms with van der Waals surface area (Å²) in [5.74, 6) is 0.603. The number of fused-ring (bicyclic) bond motifs is 1. The normalized spacial score (nSPS) is 19.6. The zero-order valence-electron chi connectivity index (χ0n) is 15.3. The number of aliphatic hydroxyl groups excluding tert-OH is 1. The van der Waals surface area contributed by atoms with E-state index in [4.69, 9.17) is 0 Å². The molecule has 0 unspecified atom stereocenters. The van der Waals surface area contributed by atoms with E-state index >= 15 is 0 Å². The minimum atomic E-state index is -0.476. The molecule has 1 saturated carbocycles. The second kappa shape index (κ2) is 6.64. The van der Waals surface area contributed by atoms with Gasteiger partial charge in [0.1, 0.15) is 5.82 Å². The molecule has 2 fully saturated rings. The summed E-state index contributed by atoms with van der Waals surface area (Å²) < 4.78 is 15.5. The molecule has 140 valence electrons. The first-order valence-electron chi connectivity index (χ1n) is 9.84. The van der Waals surface area contributed by atoms with Crippen LogP contribution in [0.1, 0.15) is 48.8 Å². The van der Waals surface area contributed by atoms with Gasteiger partial charge in [0, 0.05) is 30.5 Å². The first-order valence-corrected chi connectivity index (χ1v) is 9.84. The summed E-state index contributed by atoms with van der Waals surface area (Å²) in [5, 5.41) is 11.3. The molecule has 1 aliphatic carbocycles. The van der Waals surface area contributed by atoms with Crippen LogP contribution in [0.3, 0.4) is 0 Å². The van der Waals surface area contributed by atoms with Gasteiger partial charge in [-0.15, -0.1) is 0 Å². The van der Waals surface area contributed by atoms with Crippen molar-refractivity contribution < 1.29 is 9.50 Å². The Hall–Kier alpha value is -2.40. The van der Waals surface area contributed by atoms with E-state index in [1.807, 2.05) is 16.7 Å². The molecule has 1 N–H and O–H groups in total. The van der Waals surface area contributed by atoms with Crippen molar-refractivity contribution in [3.8, 4) is 0 Å². The van der Waals surface area contributed by atoms with Crippen LogP contribution in [0.15, 0.2) is 49.1 Å². The molecule has 0 bridgehead atoms. The second-order valence-corrected chi connectivity index (χ2v) is 7.89. The topological polar surface area (TPSA) is 40.8 Å². The van der Waals surface area contributed by atoms with Crippen molar-refractivity contribution in [3.05, 3.63) is 66.0 Å². The zero-order chi connectivity index (χ0) is 18.4. The van der Waals surface area contributed by atoms with Crippen LogP contribution in [-0.4, -0.2) is 27.6 Å². The molecule has 2 aliphatic rings. The second-order valence-electron chi connectivity index (χ2n) is 7.89. The quantitative estimate of drug-likeness (QED) is 0.749. The van der Waals surface area contributed by atoms with Crippen LogP contribution in [-0.2, 0) is 0 Å². The van der Waals surface area contributed by atoms with Gasteiger partial charge in [-0.3, -0.25) is 0 Å². The summed E-state index contributed by atoms with van der Waals surface area (Å²) in [5.41, 5.74) is 4.32. The Morgan fingerprint density at radius 3 is 2.67 bits per heavy atom. The van der Waals surface area contributed by atoms with Crippen molar-refractivity contribution in [2.75, 3.05) is 18.0 Å². The Morgan fingerprint density at radius 1 is 1.11 bits per heavy atom. The molecule has 5 heteroatoms. The van der Waals surface area contributed by atoms with Gasteiger partial charge in [0.2, 0.25) is 0 Å². The van der Waals surface area contributed by atoms with Crippen LogP contribution in [0.2, 0.25) is 0 Å². The third kappa shape index (κ3) is 3.10. The summed E-state index contributed by atoms with van der Waals surface area (Å²) in [7, 11) is 0. The van der Waals surface area contributed by atoms with Crippen molar-refractivity contribution in [3.63, 3.8) is 0 Å². The fourth-order valence-corrected chi connectivity index (χ4v) is 4.48. The van der Waals surface area contributed by atoms with Gasteiger partial charge in [-0.2, -0.15) is 0 Å². The van der Waals surface area contributed by atoms with Gasteiger partial charge in [0.15, 0.2) is 0 Å². The number of nitrogens with zero attached hydrogens (tertiary/aromatic N) is 3. The molecule has 2 aromatic heterocycles. The van der Waals surface area contributed by atoms with Gasteiger partial charge in [-0.25, -0.2) is 9.37 Å². The monoisotopic (exact) mass is 365 g/mol. The van der Waals surface area contributed by atoms with Gasteiger partial charge in [-0.05, 0) is 67.3 Å². The number of aliphatic hydroxyl groups is 1. The van der Waals surface area contributed by atoms with Crippen molar-refractivity contribution in [2.24, 2.45) is 5.92 Å². The Morgan fingerprint density at radius 2 is 1.93 bits per heavy atom. The van der Waals surface area contributed by atoms with Crippen LogP contribution in [0, 0.1) is 11.7 Å². The molecule has 5 rings (SSSR count). The number of aromatic nitrogens is 2. The number of halogens is 1. The minimum Gasteiger partial charge on any atom is -0.388 e. The summed E-state index contributed by atoms with van der Waals surface area (Å²) in [6.45, 7) is 1.68. The number of rotatable bonds is 4. The molecule has 3 heterocycles. The lowest BCUT2D eigenvalue weighted by molar-refractivity contribution is 0.0931. The van der Waals surface area contributed by atoms with E-state index in [9.17, 15) is 9.50 Å². The highest BCUT2D eigenvalue weighted by atomic mass is 19.1. The van der Waals surface area contributed by atoms with E-state index in [0.29, 0.717) is 5.92 Å². The predicted molar refractivity (Wildman–Crippen MR) is 103 cm³/mol. The van der Waals surface area contributed by atoms with Crippen LogP contribution < -0.4 is 4.90 Å². The number of hydrogen-bond donors (Lipinski definition) is 1. The summed E-state index contributed by atoms with van der Waals surface area (Å²) in [6.07, 6.45) is 9.47. The fourth-order valence-electron chi connectivity index (χ4n) is 4.48. The molecular formula is C22H24FN3O. The molecule has 3 aromatic rings. The van der Waals surface area contributed by atoms with Gasteiger partial charge in [0.05, 0.1) is 24.1 Å². The first kappa shape index (κ1) is 16.8. The largest absolute Gasteiger partial charge is 0.388 e. The molecule has 0 spiro atoms. The maximum absolute atomic E-state index is 13.5. The molecule has 0 amide bonds. The molecule has 4 nitrogen and oxygen atoms in total. The van der Waals surface area contributed by atoms with Gasteiger partial charge in [-0.1, -0.05) is 6.07 Å². The van der Waals surface area contributed by atoms with Crippen LogP contribution >= 0.6 is 0 Å². The number of hydrogen-bond acceptors (Lipinski definition) is 3. The van der Waals surface area contributed by atoms with E-state index in [2.05, 4.69) is 22.1 Å². The number of pyridine rings is 1. The highest BCUT2D eigenvalue weighted by Crippen LogP contribution is 2.46. The van der Waals surface area contributed by atoms with Crippen molar-refractivity contribution in [1.29, 1.82) is 0 Å². The van der Waals surface area contributed by atoms with Gasteiger partial charge < -0.3 is 14.4 Å². The lowest BCUT2D eigenvalue weighted by atomic mass is 9.84. The molecule has 1 atom stereocenters. The highest BCUT2D eigenvalue weighted by Gasteiger charge is 2.33. The third-order valence-electron chi connectivity index (χ3n) is 6.14. The maximum Gasteiger partial charge on any atom is 0.125 e. The molecular weight excluding hydrogens is 341 g/mol.